The highest BCUT2D eigenvalue weighted by Crippen LogP contribution is 2.34. The Morgan fingerprint density at radius 1 is 0.489 bits per heavy atom. The molecule has 724 valence electrons. The van der Waals surface area contributed by atoms with Crippen LogP contribution in [0.2, 0.25) is 0 Å². The predicted molar refractivity (Wildman–Crippen MR) is 464 cm³/mol. The fourth-order valence-corrected chi connectivity index (χ4v) is 14.8. The van der Waals surface area contributed by atoms with Gasteiger partial charge in [-0.25, -0.2) is 73.8 Å². The lowest BCUT2D eigenvalue weighted by molar-refractivity contribution is -0.161. The third kappa shape index (κ3) is 21.9. The molecule has 57 nitrogen and oxygen atoms in total. The number of aromatic amines is 2. The van der Waals surface area contributed by atoms with Crippen molar-refractivity contribution in [3.63, 3.8) is 0 Å². The number of hydrogen-bond donors (Lipinski definition) is 19. The maximum absolute atomic E-state index is 13.3. The molecule has 3 fully saturated rings. The van der Waals surface area contributed by atoms with Gasteiger partial charge in [-0.3, -0.25) is 76.8 Å². The fraction of sp³-hybridized carbons (Fsp3) is 0.338. The molecule has 0 spiro atoms. The Bertz CT molecular complexity index is 6550. The van der Waals surface area contributed by atoms with Crippen LogP contribution in [0.1, 0.15) is 108 Å². The van der Waals surface area contributed by atoms with Gasteiger partial charge in [0.25, 0.3) is 65.0 Å². The zero-order valence-electron chi connectivity index (χ0n) is 72.8. The van der Waals surface area contributed by atoms with Crippen molar-refractivity contribution in [3.8, 4) is 0 Å². The summed E-state index contributed by atoms with van der Waals surface area (Å²) in [6.07, 6.45) is 3.96. The van der Waals surface area contributed by atoms with Crippen LogP contribution >= 0.6 is 34.0 Å². The van der Waals surface area contributed by atoms with Gasteiger partial charge in [0.1, 0.15) is 46.5 Å². The molecule has 13 rings (SSSR count). The summed E-state index contributed by atoms with van der Waals surface area (Å²) in [5, 5.41) is 106. The molecule has 60 heteroatoms. The summed E-state index contributed by atoms with van der Waals surface area (Å²) in [6, 6.07) is -1.50. The van der Waals surface area contributed by atoms with Crippen molar-refractivity contribution in [1.29, 1.82) is 0 Å². The van der Waals surface area contributed by atoms with Crippen molar-refractivity contribution in [2.75, 3.05) is 76.1 Å². The minimum atomic E-state index is -1.84. The molecular formula is C77H82N26O31S3. The molecule has 7 aliphatic rings. The van der Waals surface area contributed by atoms with Crippen LogP contribution in [0.3, 0.4) is 0 Å². The molecule has 0 aliphatic carbocycles. The molecule has 0 radical (unpaired) electrons. The minimum absolute atomic E-state index is 0.0256. The van der Waals surface area contributed by atoms with E-state index in [0.717, 1.165) is 66.2 Å². The van der Waals surface area contributed by atoms with E-state index in [1.54, 1.807) is 6.92 Å². The highest BCUT2D eigenvalue weighted by Gasteiger charge is 2.54. The van der Waals surface area contributed by atoms with Crippen LogP contribution in [0.5, 0.6) is 0 Å². The molecule has 22 N–H and O–H groups in total. The Kier molecular flexibility index (Phi) is 29.6. The predicted octanol–water partition coefficient (Wildman–Crippen LogP) is -6.52. The van der Waals surface area contributed by atoms with E-state index in [1.165, 1.54) is 105 Å². The number of nitrogens with two attached hydrogens (primary N) is 3. The van der Waals surface area contributed by atoms with Gasteiger partial charge in [-0.1, -0.05) is 15.5 Å². The Morgan fingerprint density at radius 3 is 1.23 bits per heavy atom. The number of carboxylic acid groups (broad SMARTS) is 6. The Labute approximate surface area is 777 Å². The largest absolute Gasteiger partial charge is 0.478 e. The number of aliphatic carboxylic acids is 6. The van der Waals surface area contributed by atoms with Gasteiger partial charge in [0.15, 0.2) is 65.9 Å². The van der Waals surface area contributed by atoms with Crippen molar-refractivity contribution in [2.45, 2.75) is 110 Å². The van der Waals surface area contributed by atoms with Crippen LogP contribution in [0, 0.1) is 20.8 Å². The van der Waals surface area contributed by atoms with Gasteiger partial charge in [0.05, 0.1) is 67.9 Å². The Morgan fingerprint density at radius 2 is 0.861 bits per heavy atom. The van der Waals surface area contributed by atoms with Gasteiger partial charge in [-0.2, -0.15) is 4.73 Å². The Balaban J connectivity index is 0.000000197. The number of hydrogen-bond acceptors (Lipinski definition) is 40. The molecule has 0 bridgehead atoms. The van der Waals surface area contributed by atoms with Crippen LogP contribution in [-0.4, -0.2) is 318 Å². The van der Waals surface area contributed by atoms with Gasteiger partial charge < -0.3 is 115 Å². The second kappa shape index (κ2) is 40.3. The number of carbonyl (C=O) groups is 18. The number of H-pyrrole nitrogens is 2. The normalized spacial score (nSPS) is 17.3. The summed E-state index contributed by atoms with van der Waals surface area (Å²) in [6.45, 7) is 8.49. The zero-order valence-corrected chi connectivity index (χ0v) is 75.2. The van der Waals surface area contributed by atoms with Crippen molar-refractivity contribution in [3.05, 3.63) is 168 Å². The number of carbonyl (C=O) groups excluding carboxylic acids is 12. The van der Waals surface area contributed by atoms with E-state index in [1.807, 2.05) is 0 Å². The number of amides is 12. The lowest BCUT2D eigenvalue weighted by atomic mass is 10.1. The maximum atomic E-state index is 13.3. The van der Waals surface area contributed by atoms with Crippen molar-refractivity contribution >= 4 is 173 Å². The number of nitrogen functional groups attached to an aromatic ring is 3. The van der Waals surface area contributed by atoms with Crippen LogP contribution in [0.4, 0.5) is 15.4 Å². The molecule has 6 aromatic heterocycles. The molecule has 3 saturated heterocycles. The van der Waals surface area contributed by atoms with Gasteiger partial charge in [0, 0.05) is 95.8 Å². The number of aromatic nitrogens is 6. The molecule has 7 aliphatic heterocycles. The molecule has 0 unspecified atom stereocenters. The van der Waals surface area contributed by atoms with E-state index in [2.05, 4.69) is 77.6 Å². The smallest absolute Gasteiger partial charge is 0.354 e. The number of anilines is 3. The lowest BCUT2D eigenvalue weighted by Crippen LogP contribution is -2.46. The maximum Gasteiger partial charge on any atom is 0.354 e. The van der Waals surface area contributed by atoms with E-state index < -0.39 is 188 Å². The molecule has 0 aromatic carbocycles. The summed E-state index contributed by atoms with van der Waals surface area (Å²) in [4.78, 5) is 296. The summed E-state index contributed by atoms with van der Waals surface area (Å²) in [5.74, 6) is -19.5. The van der Waals surface area contributed by atoms with Gasteiger partial charge in [-0.15, -0.1) is 34.0 Å². The molecule has 13 heterocycles. The average molecular weight is 1960 g/mol. The number of nitrogens with one attached hydrogen (secondary N) is 9. The lowest BCUT2D eigenvalue weighted by Gasteiger charge is -2.19. The van der Waals surface area contributed by atoms with Gasteiger partial charge >= 0.3 is 35.8 Å². The highest BCUT2D eigenvalue weighted by atomic mass is 32.1. The first-order valence-electron chi connectivity index (χ1n) is 39.7. The number of oxime groups is 3. The summed E-state index contributed by atoms with van der Waals surface area (Å²) < 4.78 is 0.655. The second-order valence-electron chi connectivity index (χ2n) is 31.6. The number of aryl methyl sites for hydroxylation is 3. The second-order valence-corrected chi connectivity index (χ2v) is 34.3. The van der Waals surface area contributed by atoms with E-state index in [0.29, 0.717) is 16.0 Å². The van der Waals surface area contributed by atoms with Crippen LogP contribution in [0.15, 0.2) is 111 Å². The summed E-state index contributed by atoms with van der Waals surface area (Å²) in [7, 11) is 0. The quantitative estimate of drug-likeness (QED) is 0.00788. The molecule has 6 aromatic rings. The number of fused-ring (bicyclic) bond motifs is 4. The van der Waals surface area contributed by atoms with E-state index in [9.17, 15) is 137 Å². The fourth-order valence-electron chi connectivity index (χ4n) is 13.1. The van der Waals surface area contributed by atoms with Gasteiger partial charge in [-0.05, 0) is 62.3 Å². The number of imide groups is 1. The third-order valence-corrected chi connectivity index (χ3v) is 22.6. The Hall–Kier alpha value is -16.9. The first kappa shape index (κ1) is 101. The number of carboxylic acids is 6. The van der Waals surface area contributed by atoms with Crippen LogP contribution < -0.4 is 70.7 Å². The molecular weight excluding hydrogens is 1880 g/mol. The van der Waals surface area contributed by atoms with Gasteiger partial charge in [0.2, 0.25) is 22.7 Å². The van der Waals surface area contributed by atoms with E-state index >= 15 is 0 Å². The number of hydrazine groups is 3. The molecule has 12 amide bonds. The standard InChI is InChI=1S/C27H27N9O11S.C26H29N9O10S.C24H26N8O10S/c1-10-6-30-16-14(18(10)37)22(41)35(23(16)42)5-4-29-19(38)11-7-34-8-12(21(40)36(34)17(11)24(43)44)31-20(39)15(13-9-48-26(28)32-13)33-47-27(2,3)25(45)46;1-11-5-28-12(4-16(11)36)6-29-17(37)7-30-20(38)13-8-34-9-14(22(40)35(34)19(13)23(41)42)31-21(39)18(15-10-46-25(27)32-15)33-45-26(2,3)24(43)44;1-10-6-31(41)11(4-15(10)33)5-26-18(34)12-7-30-8-13(20(36)32(30)17(12)21(37)38)27-19(35)16(14-9-43-23(25)28-14)29-42-24(2,3)22(39)40/h6,9,12H,4-5,7-8H2,1-3H3,(H2,28,32)(H,29,38)(H,30,37)(H,31,39)(H,43,44)(H,45,46);4-5,10,14H,6-9H2,1-3H3,(H2,27,32)(H,28,36)(H,29,37)(H,30,38)(H,31,39)(H,41,42)(H,43,44);4,6,9,13,41H,5,7-8H2,1-3H3,(H2,25,28)(H,26,34)(H,27,35)(H,37,38)(H,39,40)/b33-15-;33-18-;29-16-/t12-;14-;13-/m000/s1. The van der Waals surface area contributed by atoms with Crippen LogP contribution in [0.25, 0.3) is 0 Å². The molecule has 3 atom stereocenters. The van der Waals surface area contributed by atoms with Crippen molar-refractivity contribution in [1.82, 2.24) is 102 Å². The average Bonchev–Trinajstić information content (AvgIpc) is 1.58. The third-order valence-electron chi connectivity index (χ3n) is 20.6. The zero-order chi connectivity index (χ0) is 101. The van der Waals surface area contributed by atoms with Crippen molar-refractivity contribution < 1.29 is 137 Å². The van der Waals surface area contributed by atoms with E-state index in [4.69, 9.17) is 31.7 Å². The first-order chi connectivity index (χ1) is 64.2. The number of rotatable bonds is 33. The topological polar surface area (TPSA) is 825 Å². The molecule has 137 heavy (non-hydrogen) atoms. The highest BCUT2D eigenvalue weighted by molar-refractivity contribution is 7.14. The van der Waals surface area contributed by atoms with Crippen LogP contribution in [-0.2, 0) is 104 Å². The first-order valence-corrected chi connectivity index (χ1v) is 42.4. The number of pyridine rings is 3. The molecule has 0 saturated carbocycles. The number of thiazole rings is 3. The summed E-state index contributed by atoms with van der Waals surface area (Å²) in [5.41, 5.74) is 6.73. The van der Waals surface area contributed by atoms with E-state index in [-0.39, 0.29) is 154 Å². The monoisotopic (exact) mass is 1960 g/mol. The van der Waals surface area contributed by atoms with Crippen molar-refractivity contribution in [2.24, 2.45) is 15.5 Å². The minimum Gasteiger partial charge on any atom is -0.478 e. The summed E-state index contributed by atoms with van der Waals surface area (Å²) >= 11 is 2.89. The SMILES string of the molecule is Cc1c[nH]c(CNC(=O)CNC(=O)C2=C(C(=O)O)N3C(=O)[C@@H](NC(=O)/C(=N\OC(C)(C)C(=O)O)c4csc(N)n4)CN3C2)cc1=O.Cc1c[nH]c2c(c1=O)C(=O)N(CCNC(=O)C1=C(C(=O)O)N3C(=O)[C@@H](NC(=O)/C(=N\OC(C)(C)C(=O)O)c4csc(N)n4)CN3C1)C2=O.Cc1cn(O)c(CNC(=O)C2=C(C(=O)O)N3C(=O)[C@@H](NC(=O)/C(=N\OC(C)(C)C(=O)O)c4csc(N)n4)CN3C2)cc1=O. The number of nitrogens with zero attached hydrogens (tertiary/aromatic N) is 14.